The molecule has 0 amide bonds. The zero-order valence-electron chi connectivity index (χ0n) is 11.9. The van der Waals surface area contributed by atoms with Crippen molar-refractivity contribution >= 4 is 22.4 Å². The third kappa shape index (κ3) is 1.71. The van der Waals surface area contributed by atoms with Gasteiger partial charge in [0, 0.05) is 10.4 Å². The van der Waals surface area contributed by atoms with E-state index in [4.69, 9.17) is 11.6 Å². The molecule has 0 spiro atoms. The van der Waals surface area contributed by atoms with Gasteiger partial charge in [0.05, 0.1) is 0 Å². The average Bonchev–Trinajstić information content (AvgIpc) is 2.65. The van der Waals surface area contributed by atoms with Gasteiger partial charge in [-0.3, -0.25) is 0 Å². The lowest BCUT2D eigenvalue weighted by atomic mass is 9.82. The molecule has 3 aromatic carbocycles. The Morgan fingerprint density at radius 3 is 2.38 bits per heavy atom. The van der Waals surface area contributed by atoms with Crippen molar-refractivity contribution in [1.29, 1.82) is 0 Å². The number of hydrogen-bond acceptors (Lipinski definition) is 1. The summed E-state index contributed by atoms with van der Waals surface area (Å²) in [5.41, 5.74) is 5.01. The normalized spacial score (nSPS) is 15.0. The minimum Gasteiger partial charge on any atom is -0.508 e. The highest BCUT2D eigenvalue weighted by Gasteiger charge is 2.35. The summed E-state index contributed by atoms with van der Waals surface area (Å²) in [4.78, 5) is 0. The Bertz CT molecular complexity index is 893. The molecule has 2 heteroatoms. The van der Waals surface area contributed by atoms with E-state index in [0.29, 0.717) is 5.75 Å². The lowest BCUT2D eigenvalue weighted by Crippen LogP contribution is -2.14. The van der Waals surface area contributed by atoms with Crippen molar-refractivity contribution in [3.05, 3.63) is 64.7 Å². The van der Waals surface area contributed by atoms with E-state index in [9.17, 15) is 5.11 Å². The number of hydrogen-bond donors (Lipinski definition) is 1. The maximum absolute atomic E-state index is 9.70. The molecule has 0 radical (unpaired) electrons. The molecule has 0 saturated carbocycles. The van der Waals surface area contributed by atoms with Gasteiger partial charge < -0.3 is 5.11 Å². The van der Waals surface area contributed by atoms with Gasteiger partial charge in [0.15, 0.2) is 0 Å². The second-order valence-corrected chi connectivity index (χ2v) is 6.68. The summed E-state index contributed by atoms with van der Waals surface area (Å²) < 4.78 is 0. The molecule has 0 aromatic heterocycles. The Balaban J connectivity index is 2.10. The number of halogens is 1. The molecule has 0 fully saturated rings. The molecule has 3 aromatic rings. The molecule has 1 aliphatic carbocycles. The van der Waals surface area contributed by atoms with Crippen LogP contribution in [0.2, 0.25) is 5.02 Å². The third-order valence-electron chi connectivity index (χ3n) is 4.58. The molecular formula is C19H15ClO. The summed E-state index contributed by atoms with van der Waals surface area (Å²) in [7, 11) is 0. The Morgan fingerprint density at radius 1 is 0.810 bits per heavy atom. The molecule has 1 N–H and O–H groups in total. The van der Waals surface area contributed by atoms with E-state index >= 15 is 0 Å². The van der Waals surface area contributed by atoms with Crippen LogP contribution >= 0.6 is 11.6 Å². The first kappa shape index (κ1) is 12.7. The number of phenols is 1. The van der Waals surface area contributed by atoms with E-state index in [2.05, 4.69) is 38.1 Å². The van der Waals surface area contributed by atoms with Gasteiger partial charge in [-0.2, -0.15) is 0 Å². The van der Waals surface area contributed by atoms with Crippen LogP contribution in [-0.4, -0.2) is 5.11 Å². The summed E-state index contributed by atoms with van der Waals surface area (Å²) >= 11 is 6.19. The molecular weight excluding hydrogens is 280 g/mol. The topological polar surface area (TPSA) is 20.2 Å². The second-order valence-electron chi connectivity index (χ2n) is 6.24. The van der Waals surface area contributed by atoms with Gasteiger partial charge in [-0.1, -0.05) is 37.6 Å². The van der Waals surface area contributed by atoms with Crippen molar-refractivity contribution in [2.75, 3.05) is 0 Å². The van der Waals surface area contributed by atoms with Gasteiger partial charge in [0.1, 0.15) is 5.75 Å². The Labute approximate surface area is 128 Å². The standard InChI is InChI=1S/C19H15ClO/c1-19(2)17-9-12-7-14(21)5-3-11(12)8-16(17)15-6-4-13(20)10-18(15)19/h3-10,21H,1-2H3. The number of fused-ring (bicyclic) bond motifs is 4. The molecule has 0 atom stereocenters. The van der Waals surface area contributed by atoms with Crippen LogP contribution in [0.25, 0.3) is 21.9 Å². The van der Waals surface area contributed by atoms with E-state index < -0.39 is 0 Å². The molecule has 1 nitrogen and oxygen atoms in total. The average molecular weight is 295 g/mol. The summed E-state index contributed by atoms with van der Waals surface area (Å²) in [5, 5.41) is 12.7. The van der Waals surface area contributed by atoms with Crippen molar-refractivity contribution in [1.82, 2.24) is 0 Å². The fourth-order valence-corrected chi connectivity index (χ4v) is 3.61. The third-order valence-corrected chi connectivity index (χ3v) is 4.81. The highest BCUT2D eigenvalue weighted by atomic mass is 35.5. The molecule has 0 heterocycles. The Hall–Kier alpha value is -1.99. The second kappa shape index (κ2) is 4.02. The largest absolute Gasteiger partial charge is 0.508 e. The van der Waals surface area contributed by atoms with Crippen LogP contribution in [0.15, 0.2) is 48.5 Å². The van der Waals surface area contributed by atoms with Gasteiger partial charge in [0.2, 0.25) is 0 Å². The van der Waals surface area contributed by atoms with Crippen LogP contribution in [0.3, 0.4) is 0 Å². The van der Waals surface area contributed by atoms with Crippen LogP contribution in [0, 0.1) is 0 Å². The number of rotatable bonds is 0. The molecule has 4 rings (SSSR count). The first-order valence-electron chi connectivity index (χ1n) is 7.04. The highest BCUT2D eigenvalue weighted by Crippen LogP contribution is 2.50. The monoisotopic (exact) mass is 294 g/mol. The fourth-order valence-electron chi connectivity index (χ4n) is 3.44. The van der Waals surface area contributed by atoms with Crippen molar-refractivity contribution < 1.29 is 5.11 Å². The van der Waals surface area contributed by atoms with Crippen LogP contribution in [0.4, 0.5) is 0 Å². The van der Waals surface area contributed by atoms with E-state index in [1.807, 2.05) is 18.2 Å². The highest BCUT2D eigenvalue weighted by molar-refractivity contribution is 6.30. The van der Waals surface area contributed by atoms with Gasteiger partial charge in [-0.15, -0.1) is 0 Å². The fraction of sp³-hybridized carbons (Fsp3) is 0.158. The minimum atomic E-state index is -0.0742. The van der Waals surface area contributed by atoms with E-state index in [-0.39, 0.29) is 5.41 Å². The van der Waals surface area contributed by atoms with Crippen molar-refractivity contribution in [3.63, 3.8) is 0 Å². The quantitative estimate of drug-likeness (QED) is 0.580. The number of benzene rings is 3. The van der Waals surface area contributed by atoms with Gasteiger partial charge in [0.25, 0.3) is 0 Å². The van der Waals surface area contributed by atoms with Crippen molar-refractivity contribution in [3.8, 4) is 16.9 Å². The maximum atomic E-state index is 9.70. The zero-order chi connectivity index (χ0) is 14.8. The van der Waals surface area contributed by atoms with Crippen molar-refractivity contribution in [2.24, 2.45) is 0 Å². The van der Waals surface area contributed by atoms with Crippen LogP contribution in [0.5, 0.6) is 5.75 Å². The predicted molar refractivity (Wildman–Crippen MR) is 88.2 cm³/mol. The molecule has 0 bridgehead atoms. The number of aromatic hydroxyl groups is 1. The summed E-state index contributed by atoms with van der Waals surface area (Å²) in [6.07, 6.45) is 0. The van der Waals surface area contributed by atoms with Crippen LogP contribution < -0.4 is 0 Å². The Kier molecular flexibility index (Phi) is 2.44. The minimum absolute atomic E-state index is 0.0742. The maximum Gasteiger partial charge on any atom is 0.116 e. The van der Waals surface area contributed by atoms with Gasteiger partial charge >= 0.3 is 0 Å². The molecule has 104 valence electrons. The molecule has 1 aliphatic rings. The Morgan fingerprint density at radius 2 is 1.57 bits per heavy atom. The first-order valence-corrected chi connectivity index (χ1v) is 7.42. The molecule has 0 aliphatic heterocycles. The molecule has 0 unspecified atom stereocenters. The van der Waals surface area contributed by atoms with E-state index in [1.54, 1.807) is 6.07 Å². The SMILES string of the molecule is CC1(C)c2cc(Cl)ccc2-c2cc3ccc(O)cc3cc21. The predicted octanol–water partition coefficient (Wildman–Crippen LogP) is 5.51. The van der Waals surface area contributed by atoms with Gasteiger partial charge in [-0.25, -0.2) is 0 Å². The lowest BCUT2D eigenvalue weighted by Gasteiger charge is -2.21. The first-order chi connectivity index (χ1) is 9.96. The number of phenolic OH excluding ortho intramolecular Hbond substituents is 1. The smallest absolute Gasteiger partial charge is 0.116 e. The molecule has 21 heavy (non-hydrogen) atoms. The van der Waals surface area contributed by atoms with Crippen molar-refractivity contribution in [2.45, 2.75) is 19.3 Å². The zero-order valence-corrected chi connectivity index (χ0v) is 12.7. The van der Waals surface area contributed by atoms with Gasteiger partial charge in [-0.05, 0) is 69.4 Å². The molecule has 0 saturated heterocycles. The van der Waals surface area contributed by atoms with Crippen LogP contribution in [0.1, 0.15) is 25.0 Å². The summed E-state index contributed by atoms with van der Waals surface area (Å²) in [6, 6.07) is 16.1. The summed E-state index contributed by atoms with van der Waals surface area (Å²) in [6.45, 7) is 4.45. The van der Waals surface area contributed by atoms with E-state index in [0.717, 1.165) is 15.8 Å². The summed E-state index contributed by atoms with van der Waals surface area (Å²) in [5.74, 6) is 0.304. The van der Waals surface area contributed by atoms with E-state index in [1.165, 1.54) is 22.3 Å². The van der Waals surface area contributed by atoms with Crippen LogP contribution in [-0.2, 0) is 5.41 Å². The lowest BCUT2D eigenvalue weighted by molar-refractivity contribution is 0.476.